The van der Waals surface area contributed by atoms with Crippen LogP contribution in [-0.4, -0.2) is 39.4 Å². The molecular weight excluding hydrogens is 300 g/mol. The average molecular weight is 320 g/mol. The third-order valence-corrected chi connectivity index (χ3v) is 5.09. The molecule has 0 amide bonds. The molecule has 2 aliphatic heterocycles. The zero-order chi connectivity index (χ0) is 16.8. The van der Waals surface area contributed by atoms with Crippen LogP contribution in [0.4, 0.5) is 0 Å². The van der Waals surface area contributed by atoms with Crippen molar-refractivity contribution in [2.24, 2.45) is 5.41 Å². The van der Waals surface area contributed by atoms with Gasteiger partial charge in [0, 0.05) is 6.42 Å². The Morgan fingerprint density at radius 2 is 1.83 bits per heavy atom. The topological polar surface area (TPSA) is 71.1 Å². The molecule has 2 bridgehead atoms. The number of rotatable bonds is 3. The molecule has 6 heteroatoms. The van der Waals surface area contributed by atoms with Crippen LogP contribution in [0, 0.1) is 5.41 Å². The third kappa shape index (κ3) is 1.91. The number of esters is 2. The maximum Gasteiger partial charge on any atom is 0.326 e. The molecule has 2 atom stereocenters. The molecule has 0 N–H and O–H groups in total. The first kappa shape index (κ1) is 15.8. The zero-order valence-electron chi connectivity index (χ0n) is 13.7. The van der Waals surface area contributed by atoms with E-state index in [4.69, 9.17) is 18.9 Å². The van der Waals surface area contributed by atoms with Crippen LogP contribution in [0.3, 0.4) is 0 Å². The third-order valence-electron chi connectivity index (χ3n) is 5.09. The molecule has 6 nitrogen and oxygen atoms in total. The Bertz CT molecular complexity index is 651. The minimum atomic E-state index is -1.50. The van der Waals surface area contributed by atoms with Gasteiger partial charge < -0.3 is 18.9 Å². The molecule has 2 heterocycles. The maximum atomic E-state index is 12.6. The van der Waals surface area contributed by atoms with Crippen molar-refractivity contribution in [2.75, 3.05) is 21.3 Å². The van der Waals surface area contributed by atoms with Crippen LogP contribution in [0.2, 0.25) is 0 Å². The van der Waals surface area contributed by atoms with Gasteiger partial charge in [0.2, 0.25) is 0 Å². The van der Waals surface area contributed by atoms with E-state index in [0.717, 1.165) is 16.9 Å². The van der Waals surface area contributed by atoms with E-state index in [0.29, 0.717) is 6.42 Å². The molecular formula is C17H20O6. The Morgan fingerprint density at radius 3 is 2.39 bits per heavy atom. The van der Waals surface area contributed by atoms with Gasteiger partial charge in [0.05, 0.1) is 27.4 Å². The first-order chi connectivity index (χ1) is 10.9. The van der Waals surface area contributed by atoms with Crippen LogP contribution in [0.25, 0.3) is 0 Å². The molecule has 2 aliphatic rings. The largest absolute Gasteiger partial charge is 0.497 e. The normalized spacial score (nSPS) is 27.0. The van der Waals surface area contributed by atoms with Gasteiger partial charge in [-0.05, 0) is 36.6 Å². The number of ether oxygens (including phenoxy) is 4. The van der Waals surface area contributed by atoms with E-state index >= 15 is 0 Å². The van der Waals surface area contributed by atoms with E-state index < -0.39 is 23.0 Å². The molecule has 0 spiro atoms. The molecule has 0 aromatic heterocycles. The molecule has 124 valence electrons. The van der Waals surface area contributed by atoms with Crippen molar-refractivity contribution in [3.8, 4) is 5.75 Å². The number of carbonyl (C=O) groups excluding carboxylic acids is 2. The summed E-state index contributed by atoms with van der Waals surface area (Å²) >= 11 is 0. The zero-order valence-corrected chi connectivity index (χ0v) is 13.7. The van der Waals surface area contributed by atoms with Crippen molar-refractivity contribution < 1.29 is 28.5 Å². The minimum Gasteiger partial charge on any atom is -0.497 e. The van der Waals surface area contributed by atoms with Crippen LogP contribution in [0.15, 0.2) is 18.2 Å². The molecule has 1 aromatic carbocycles. The predicted octanol–water partition coefficient (Wildman–Crippen LogP) is 1.59. The second-order valence-corrected chi connectivity index (χ2v) is 6.09. The van der Waals surface area contributed by atoms with E-state index in [9.17, 15) is 9.59 Å². The molecule has 0 unspecified atom stereocenters. The SMILES string of the molecule is COC(=O)C1(C(=O)OC)C[C@@H]2Cc3cc(OC)ccc3[C@@]1(C)O2. The van der Waals surface area contributed by atoms with Gasteiger partial charge in [0.1, 0.15) is 11.4 Å². The van der Waals surface area contributed by atoms with E-state index in [1.807, 2.05) is 12.1 Å². The molecule has 3 rings (SSSR count). The van der Waals surface area contributed by atoms with Crippen molar-refractivity contribution in [3.63, 3.8) is 0 Å². The molecule has 0 radical (unpaired) electrons. The number of carbonyl (C=O) groups is 2. The highest BCUT2D eigenvalue weighted by Crippen LogP contribution is 2.58. The number of benzene rings is 1. The molecule has 1 aromatic rings. The fraction of sp³-hybridized carbons (Fsp3) is 0.529. The van der Waals surface area contributed by atoms with Gasteiger partial charge in [-0.2, -0.15) is 0 Å². The smallest absolute Gasteiger partial charge is 0.326 e. The summed E-state index contributed by atoms with van der Waals surface area (Å²) in [5.74, 6) is -0.522. The number of hydrogen-bond acceptors (Lipinski definition) is 6. The van der Waals surface area contributed by atoms with Crippen molar-refractivity contribution in [3.05, 3.63) is 29.3 Å². The van der Waals surface area contributed by atoms with Crippen LogP contribution < -0.4 is 4.74 Å². The minimum absolute atomic E-state index is 0.236. The van der Waals surface area contributed by atoms with Crippen molar-refractivity contribution >= 4 is 11.9 Å². The van der Waals surface area contributed by atoms with Gasteiger partial charge in [0.25, 0.3) is 0 Å². The Balaban J connectivity index is 2.21. The lowest BCUT2D eigenvalue weighted by Crippen LogP contribution is -2.53. The lowest BCUT2D eigenvalue weighted by atomic mass is 9.68. The van der Waals surface area contributed by atoms with Crippen LogP contribution >= 0.6 is 0 Å². The highest BCUT2D eigenvalue weighted by atomic mass is 16.6. The van der Waals surface area contributed by atoms with Gasteiger partial charge in [0.15, 0.2) is 5.41 Å². The van der Waals surface area contributed by atoms with Crippen molar-refractivity contribution in [1.82, 2.24) is 0 Å². The quantitative estimate of drug-likeness (QED) is 0.622. The molecule has 0 aliphatic carbocycles. The summed E-state index contributed by atoms with van der Waals surface area (Å²) in [6.07, 6.45) is 0.593. The van der Waals surface area contributed by atoms with E-state index in [1.165, 1.54) is 14.2 Å². The average Bonchev–Trinajstić information content (AvgIpc) is 2.81. The Labute approximate surface area is 134 Å². The van der Waals surface area contributed by atoms with Crippen molar-refractivity contribution in [1.29, 1.82) is 0 Å². The Kier molecular flexibility index (Phi) is 3.59. The number of fused-ring (bicyclic) bond motifs is 4. The maximum absolute atomic E-state index is 12.6. The molecule has 1 fully saturated rings. The fourth-order valence-electron chi connectivity index (χ4n) is 3.98. The van der Waals surface area contributed by atoms with Gasteiger partial charge in [-0.25, -0.2) is 0 Å². The summed E-state index contributed by atoms with van der Waals surface area (Å²) < 4.78 is 21.3. The van der Waals surface area contributed by atoms with Gasteiger partial charge in [-0.3, -0.25) is 9.59 Å². The first-order valence-electron chi connectivity index (χ1n) is 7.45. The Hall–Kier alpha value is -2.08. The van der Waals surface area contributed by atoms with Gasteiger partial charge in [-0.15, -0.1) is 0 Å². The lowest BCUT2D eigenvalue weighted by Gasteiger charge is -2.40. The first-order valence-corrected chi connectivity index (χ1v) is 7.45. The second kappa shape index (κ2) is 5.23. The number of methoxy groups -OCH3 is 3. The molecule has 23 heavy (non-hydrogen) atoms. The highest BCUT2D eigenvalue weighted by Gasteiger charge is 2.70. The molecule has 0 saturated carbocycles. The summed E-state index contributed by atoms with van der Waals surface area (Å²) in [4.78, 5) is 25.2. The lowest BCUT2D eigenvalue weighted by molar-refractivity contribution is -0.184. The highest BCUT2D eigenvalue weighted by molar-refractivity contribution is 6.02. The van der Waals surface area contributed by atoms with E-state index in [-0.39, 0.29) is 12.5 Å². The monoisotopic (exact) mass is 320 g/mol. The van der Waals surface area contributed by atoms with E-state index in [2.05, 4.69) is 0 Å². The second-order valence-electron chi connectivity index (χ2n) is 6.09. The summed E-state index contributed by atoms with van der Waals surface area (Å²) in [6.45, 7) is 1.76. The number of hydrogen-bond donors (Lipinski definition) is 0. The summed E-state index contributed by atoms with van der Waals surface area (Å²) in [5.41, 5.74) is -0.820. The summed E-state index contributed by atoms with van der Waals surface area (Å²) in [5, 5.41) is 0. The summed E-state index contributed by atoms with van der Waals surface area (Å²) in [7, 11) is 4.14. The Morgan fingerprint density at radius 1 is 1.17 bits per heavy atom. The predicted molar refractivity (Wildman–Crippen MR) is 80.0 cm³/mol. The van der Waals surface area contributed by atoms with Crippen LogP contribution in [0.5, 0.6) is 5.75 Å². The van der Waals surface area contributed by atoms with Gasteiger partial charge in [-0.1, -0.05) is 6.07 Å². The summed E-state index contributed by atoms with van der Waals surface area (Å²) in [6, 6.07) is 5.56. The van der Waals surface area contributed by atoms with Gasteiger partial charge >= 0.3 is 11.9 Å². The van der Waals surface area contributed by atoms with Crippen molar-refractivity contribution in [2.45, 2.75) is 31.5 Å². The van der Waals surface area contributed by atoms with Crippen LogP contribution in [-0.2, 0) is 35.8 Å². The van der Waals surface area contributed by atoms with E-state index in [1.54, 1.807) is 20.1 Å². The fourth-order valence-corrected chi connectivity index (χ4v) is 3.98. The standard InChI is InChI=1S/C17H20O6/c1-16-13-6-5-11(20-2)7-10(13)8-12(23-16)9-17(16,14(18)21-3)15(19)22-4/h5-7,12H,8-9H2,1-4H3/t12-,16+/m0/s1. The molecule has 1 saturated heterocycles. The van der Waals surface area contributed by atoms with Crippen LogP contribution in [0.1, 0.15) is 24.5 Å².